The van der Waals surface area contributed by atoms with Crippen LogP contribution in [0.1, 0.15) is 56.2 Å². The van der Waals surface area contributed by atoms with Gasteiger partial charge in [-0.1, -0.05) is 36.8 Å². The minimum absolute atomic E-state index is 0.544. The number of nitrogens with zero attached hydrogens (tertiary/aromatic N) is 1. The highest BCUT2D eigenvalue weighted by Crippen LogP contribution is 2.42. The molecule has 0 radical (unpaired) electrons. The predicted octanol–water partition coefficient (Wildman–Crippen LogP) is 3.91. The first kappa shape index (κ1) is 15.1. The molecule has 2 heterocycles. The van der Waals surface area contributed by atoms with Crippen LogP contribution in [0.25, 0.3) is 0 Å². The zero-order chi connectivity index (χ0) is 14.8. The van der Waals surface area contributed by atoms with Crippen LogP contribution in [0.15, 0.2) is 24.3 Å². The zero-order valence-electron chi connectivity index (χ0n) is 13.8. The van der Waals surface area contributed by atoms with E-state index in [0.717, 1.165) is 24.5 Å². The van der Waals surface area contributed by atoms with E-state index in [-0.39, 0.29) is 0 Å². The highest BCUT2D eigenvalue weighted by molar-refractivity contribution is 5.25. The molecular formula is C19H30N2. The van der Waals surface area contributed by atoms with E-state index in [9.17, 15) is 0 Å². The van der Waals surface area contributed by atoms with Crippen LogP contribution in [0.3, 0.4) is 0 Å². The molecule has 1 aromatic rings. The van der Waals surface area contributed by atoms with Crippen molar-refractivity contribution in [1.29, 1.82) is 0 Å². The highest BCUT2D eigenvalue weighted by Gasteiger charge is 2.41. The van der Waals surface area contributed by atoms with Crippen LogP contribution in [0.4, 0.5) is 0 Å². The Balaban J connectivity index is 1.77. The fourth-order valence-electron chi connectivity index (χ4n) is 4.36. The second kappa shape index (κ2) is 6.50. The number of benzene rings is 1. The van der Waals surface area contributed by atoms with E-state index in [1.54, 1.807) is 0 Å². The average molecular weight is 286 g/mol. The summed E-state index contributed by atoms with van der Waals surface area (Å²) in [5.41, 5.74) is 2.85. The third-order valence-corrected chi connectivity index (χ3v) is 5.66. The van der Waals surface area contributed by atoms with E-state index in [0.29, 0.717) is 6.04 Å². The molecule has 3 rings (SSSR count). The van der Waals surface area contributed by atoms with E-state index in [1.165, 1.54) is 43.2 Å². The third kappa shape index (κ3) is 3.17. The van der Waals surface area contributed by atoms with E-state index < -0.39 is 0 Å². The molecule has 0 aliphatic carbocycles. The predicted molar refractivity (Wildman–Crippen MR) is 89.5 cm³/mol. The van der Waals surface area contributed by atoms with Crippen molar-refractivity contribution in [2.24, 2.45) is 5.92 Å². The number of piperidine rings is 1. The molecule has 3 atom stereocenters. The van der Waals surface area contributed by atoms with E-state index in [2.05, 4.69) is 55.4 Å². The van der Waals surface area contributed by atoms with E-state index in [4.69, 9.17) is 0 Å². The first-order chi connectivity index (χ1) is 10.2. The summed E-state index contributed by atoms with van der Waals surface area (Å²) in [6, 6.07) is 11.4. The van der Waals surface area contributed by atoms with Gasteiger partial charge < -0.3 is 10.2 Å². The fourth-order valence-corrected chi connectivity index (χ4v) is 4.36. The lowest BCUT2D eigenvalue weighted by Crippen LogP contribution is -2.43. The van der Waals surface area contributed by atoms with Crippen LogP contribution in [-0.2, 0) is 0 Å². The summed E-state index contributed by atoms with van der Waals surface area (Å²) in [4.78, 5) is 2.64. The number of rotatable bonds is 5. The van der Waals surface area contributed by atoms with Crippen molar-refractivity contribution < 1.29 is 0 Å². The molecule has 0 spiro atoms. The Hall–Kier alpha value is -0.860. The zero-order valence-corrected chi connectivity index (χ0v) is 13.8. The van der Waals surface area contributed by atoms with Crippen LogP contribution in [0, 0.1) is 12.8 Å². The monoisotopic (exact) mass is 286 g/mol. The molecule has 0 aromatic heterocycles. The molecule has 2 saturated heterocycles. The summed E-state index contributed by atoms with van der Waals surface area (Å²) < 4.78 is 0. The summed E-state index contributed by atoms with van der Waals surface area (Å²) in [7, 11) is 2.33. The largest absolute Gasteiger partial charge is 0.310 e. The number of hydrogen-bond acceptors (Lipinski definition) is 2. The molecule has 1 N–H and O–H groups in total. The van der Waals surface area contributed by atoms with Crippen molar-refractivity contribution in [2.75, 3.05) is 13.6 Å². The molecule has 2 heteroatoms. The van der Waals surface area contributed by atoms with Crippen LogP contribution < -0.4 is 5.32 Å². The van der Waals surface area contributed by atoms with Crippen molar-refractivity contribution >= 4 is 0 Å². The van der Waals surface area contributed by atoms with Crippen molar-refractivity contribution in [1.82, 2.24) is 10.2 Å². The molecule has 2 aliphatic rings. The van der Waals surface area contributed by atoms with Gasteiger partial charge in [0.2, 0.25) is 0 Å². The van der Waals surface area contributed by atoms with Gasteiger partial charge >= 0.3 is 0 Å². The second-order valence-corrected chi connectivity index (χ2v) is 7.12. The molecule has 116 valence electrons. The van der Waals surface area contributed by atoms with Gasteiger partial charge in [0, 0.05) is 18.1 Å². The van der Waals surface area contributed by atoms with Gasteiger partial charge in [-0.25, -0.2) is 0 Å². The molecule has 0 saturated carbocycles. The highest BCUT2D eigenvalue weighted by atomic mass is 15.2. The molecule has 2 fully saturated rings. The summed E-state index contributed by atoms with van der Waals surface area (Å²) >= 11 is 0. The Kier molecular flexibility index (Phi) is 4.66. The number of nitrogens with one attached hydrogen (secondary N) is 1. The maximum absolute atomic E-state index is 3.84. The first-order valence-corrected chi connectivity index (χ1v) is 8.71. The Bertz CT molecular complexity index is 439. The van der Waals surface area contributed by atoms with Gasteiger partial charge in [0.15, 0.2) is 0 Å². The van der Waals surface area contributed by atoms with Crippen LogP contribution in [0.2, 0.25) is 0 Å². The maximum atomic E-state index is 3.84. The molecule has 21 heavy (non-hydrogen) atoms. The first-order valence-electron chi connectivity index (χ1n) is 8.71. The fraction of sp³-hybridized carbons (Fsp3) is 0.684. The molecule has 2 nitrogen and oxygen atoms in total. The standard InChI is InChI=1S/C19H30N2/c1-4-11-20-19(15-7-5-14(2)6-8-15)16-12-17-9-10-18(13-16)21(17)3/h5-8,16-20H,4,9-13H2,1-3H3. The van der Waals surface area contributed by atoms with E-state index >= 15 is 0 Å². The maximum Gasteiger partial charge on any atom is 0.0349 e. The van der Waals surface area contributed by atoms with Gasteiger partial charge in [-0.15, -0.1) is 0 Å². The van der Waals surface area contributed by atoms with Gasteiger partial charge in [0.25, 0.3) is 0 Å². The summed E-state index contributed by atoms with van der Waals surface area (Å²) in [6.45, 7) is 5.56. The van der Waals surface area contributed by atoms with Gasteiger partial charge in [-0.2, -0.15) is 0 Å². The molecule has 1 aromatic carbocycles. The van der Waals surface area contributed by atoms with Gasteiger partial charge in [-0.3, -0.25) is 0 Å². The van der Waals surface area contributed by atoms with Crippen LogP contribution in [-0.4, -0.2) is 30.6 Å². The summed E-state index contributed by atoms with van der Waals surface area (Å²) in [5, 5.41) is 3.84. The third-order valence-electron chi connectivity index (χ3n) is 5.66. The number of fused-ring (bicyclic) bond motifs is 2. The lowest BCUT2D eigenvalue weighted by atomic mass is 9.82. The lowest BCUT2D eigenvalue weighted by Gasteiger charge is -2.40. The van der Waals surface area contributed by atoms with Crippen molar-refractivity contribution in [2.45, 2.75) is 64.1 Å². The Morgan fingerprint density at radius 2 is 1.76 bits per heavy atom. The molecule has 2 aliphatic heterocycles. The van der Waals surface area contributed by atoms with Crippen LogP contribution >= 0.6 is 0 Å². The van der Waals surface area contributed by atoms with Gasteiger partial charge in [0.05, 0.1) is 0 Å². The van der Waals surface area contributed by atoms with Gasteiger partial charge in [0.1, 0.15) is 0 Å². The number of aryl methyl sites for hydroxylation is 1. The topological polar surface area (TPSA) is 15.3 Å². The average Bonchev–Trinajstić information content (AvgIpc) is 2.72. The SMILES string of the molecule is CCCNC(c1ccc(C)cc1)C1CC2CCC(C1)N2C. The lowest BCUT2D eigenvalue weighted by molar-refractivity contribution is 0.112. The molecule has 3 unspecified atom stereocenters. The minimum atomic E-state index is 0.544. The minimum Gasteiger partial charge on any atom is -0.310 e. The Labute approximate surface area is 129 Å². The quantitative estimate of drug-likeness (QED) is 0.883. The van der Waals surface area contributed by atoms with Crippen molar-refractivity contribution in [3.05, 3.63) is 35.4 Å². The van der Waals surface area contributed by atoms with Gasteiger partial charge in [-0.05, 0) is 64.1 Å². The van der Waals surface area contributed by atoms with Crippen LogP contribution in [0.5, 0.6) is 0 Å². The smallest absolute Gasteiger partial charge is 0.0349 e. The Morgan fingerprint density at radius 3 is 2.33 bits per heavy atom. The summed E-state index contributed by atoms with van der Waals surface area (Å²) in [6.07, 6.45) is 6.75. The molecule has 2 bridgehead atoms. The van der Waals surface area contributed by atoms with E-state index in [1.807, 2.05) is 0 Å². The summed E-state index contributed by atoms with van der Waals surface area (Å²) in [5.74, 6) is 0.799. The number of hydrogen-bond donors (Lipinski definition) is 1. The molecule has 0 amide bonds. The normalized spacial score (nSPS) is 30.5. The molecular weight excluding hydrogens is 256 g/mol. The second-order valence-electron chi connectivity index (χ2n) is 7.12. The van der Waals surface area contributed by atoms with Crippen molar-refractivity contribution in [3.63, 3.8) is 0 Å². The van der Waals surface area contributed by atoms with Crippen molar-refractivity contribution in [3.8, 4) is 0 Å². The Morgan fingerprint density at radius 1 is 1.14 bits per heavy atom.